The van der Waals surface area contributed by atoms with E-state index in [-0.39, 0.29) is 21.5 Å². The number of halogens is 1. The number of hydrogen-bond acceptors (Lipinski definition) is 4. The van der Waals surface area contributed by atoms with Crippen molar-refractivity contribution in [3.05, 3.63) is 53.1 Å². The lowest BCUT2D eigenvalue weighted by molar-refractivity contribution is 0.102. The normalized spacial score (nSPS) is 15.5. The fourth-order valence-corrected chi connectivity index (χ4v) is 5.10. The molecule has 3 rings (SSSR count). The molecule has 8 heteroatoms. The van der Waals surface area contributed by atoms with Gasteiger partial charge in [-0.05, 0) is 75.1 Å². The molecule has 0 unspecified atom stereocenters. The second-order valence-corrected chi connectivity index (χ2v) is 10.8. The average molecular weight is 464 g/mol. The van der Waals surface area contributed by atoms with Crippen LogP contribution in [0.1, 0.15) is 44.0 Å². The predicted molar refractivity (Wildman–Crippen MR) is 127 cm³/mol. The minimum atomic E-state index is -3.72. The van der Waals surface area contributed by atoms with E-state index < -0.39 is 15.9 Å². The monoisotopic (exact) mass is 463 g/mol. The molecular weight excluding hydrogens is 434 g/mol. The van der Waals surface area contributed by atoms with Crippen molar-refractivity contribution in [2.45, 2.75) is 44.6 Å². The van der Waals surface area contributed by atoms with Crippen LogP contribution < -0.4 is 10.2 Å². The first-order valence-electron chi connectivity index (χ1n) is 10.5. The summed E-state index contributed by atoms with van der Waals surface area (Å²) in [7, 11) is -2.20. The standard InChI is InChI=1S/C23H30ClN3O3S/c1-16(2)26(4)31(29,30)20-9-10-22(24)21(15-20)23(28)25-18-5-7-19(8-6-18)27-13-11-17(3)12-14-27/h5-10,15-17H,11-14H2,1-4H3,(H,25,28). The van der Waals surface area contributed by atoms with Gasteiger partial charge in [-0.25, -0.2) is 8.42 Å². The summed E-state index contributed by atoms with van der Waals surface area (Å²) >= 11 is 6.21. The number of carbonyl (C=O) groups is 1. The molecule has 0 spiro atoms. The van der Waals surface area contributed by atoms with Crippen molar-refractivity contribution >= 4 is 38.9 Å². The molecule has 31 heavy (non-hydrogen) atoms. The molecule has 2 aromatic rings. The molecule has 1 heterocycles. The summed E-state index contributed by atoms with van der Waals surface area (Å²) in [6.45, 7) is 7.93. The molecule has 1 N–H and O–H groups in total. The Labute approximate surface area is 190 Å². The molecule has 6 nitrogen and oxygen atoms in total. The highest BCUT2D eigenvalue weighted by molar-refractivity contribution is 7.89. The summed E-state index contributed by atoms with van der Waals surface area (Å²) in [6, 6.07) is 11.7. The number of rotatable bonds is 6. The zero-order valence-corrected chi connectivity index (χ0v) is 20.0. The number of hydrogen-bond donors (Lipinski definition) is 1. The van der Waals surface area contributed by atoms with E-state index in [0.29, 0.717) is 5.69 Å². The third-order valence-electron chi connectivity index (χ3n) is 5.86. The lowest BCUT2D eigenvalue weighted by atomic mass is 9.99. The number of nitrogens with one attached hydrogen (secondary N) is 1. The Kier molecular flexibility index (Phi) is 7.29. The summed E-state index contributed by atoms with van der Waals surface area (Å²) in [5, 5.41) is 3.01. The van der Waals surface area contributed by atoms with E-state index in [4.69, 9.17) is 11.6 Å². The van der Waals surface area contributed by atoms with Gasteiger partial charge in [0.1, 0.15) is 0 Å². The van der Waals surface area contributed by atoms with Gasteiger partial charge in [0.15, 0.2) is 0 Å². The van der Waals surface area contributed by atoms with Crippen LogP contribution in [0.25, 0.3) is 0 Å². The summed E-state index contributed by atoms with van der Waals surface area (Å²) in [5.74, 6) is 0.313. The highest BCUT2D eigenvalue weighted by atomic mass is 35.5. The Balaban J connectivity index is 1.76. The molecule has 168 valence electrons. The van der Waals surface area contributed by atoms with Crippen LogP contribution in [0.2, 0.25) is 5.02 Å². The summed E-state index contributed by atoms with van der Waals surface area (Å²) < 4.78 is 26.8. The number of anilines is 2. The zero-order chi connectivity index (χ0) is 22.8. The van der Waals surface area contributed by atoms with Crippen molar-refractivity contribution in [1.29, 1.82) is 0 Å². The van der Waals surface area contributed by atoms with Crippen LogP contribution in [0.4, 0.5) is 11.4 Å². The van der Waals surface area contributed by atoms with E-state index in [1.165, 1.54) is 42.4 Å². The van der Waals surface area contributed by atoms with Gasteiger partial charge in [-0.2, -0.15) is 4.31 Å². The molecule has 0 aromatic heterocycles. The molecular formula is C23H30ClN3O3S. The summed E-state index contributed by atoms with van der Waals surface area (Å²) in [5.41, 5.74) is 1.88. The molecule has 0 aliphatic carbocycles. The molecule has 0 bridgehead atoms. The number of piperidine rings is 1. The van der Waals surface area contributed by atoms with Crippen LogP contribution in [-0.4, -0.2) is 44.8 Å². The van der Waals surface area contributed by atoms with Gasteiger partial charge in [0.25, 0.3) is 5.91 Å². The highest BCUT2D eigenvalue weighted by Gasteiger charge is 2.25. The lowest BCUT2D eigenvalue weighted by Gasteiger charge is -2.32. The van der Waals surface area contributed by atoms with Crippen LogP contribution in [-0.2, 0) is 10.0 Å². The number of amides is 1. The maximum Gasteiger partial charge on any atom is 0.257 e. The van der Waals surface area contributed by atoms with E-state index in [0.717, 1.165) is 24.7 Å². The number of nitrogens with zero attached hydrogens (tertiary/aromatic N) is 2. The Morgan fingerprint density at radius 3 is 2.32 bits per heavy atom. The minimum absolute atomic E-state index is 0.0351. The average Bonchev–Trinajstić information content (AvgIpc) is 2.74. The third-order valence-corrected chi connectivity index (χ3v) is 8.22. The van der Waals surface area contributed by atoms with Gasteiger partial charge in [-0.1, -0.05) is 18.5 Å². The molecule has 1 aliphatic rings. The Hall–Kier alpha value is -2.09. The Morgan fingerprint density at radius 1 is 1.13 bits per heavy atom. The largest absolute Gasteiger partial charge is 0.372 e. The predicted octanol–water partition coefficient (Wildman–Crippen LogP) is 4.86. The van der Waals surface area contributed by atoms with Gasteiger partial charge >= 0.3 is 0 Å². The molecule has 2 aromatic carbocycles. The number of carbonyl (C=O) groups excluding carboxylic acids is 1. The molecule has 1 saturated heterocycles. The van der Waals surface area contributed by atoms with Crippen LogP contribution in [0, 0.1) is 5.92 Å². The molecule has 0 saturated carbocycles. The molecule has 1 amide bonds. The second kappa shape index (κ2) is 9.59. The molecule has 0 radical (unpaired) electrons. The maximum absolute atomic E-state index is 12.8. The Morgan fingerprint density at radius 2 is 1.74 bits per heavy atom. The van der Waals surface area contributed by atoms with Gasteiger partial charge < -0.3 is 10.2 Å². The third kappa shape index (κ3) is 5.40. The van der Waals surface area contributed by atoms with Gasteiger partial charge in [-0.3, -0.25) is 4.79 Å². The minimum Gasteiger partial charge on any atom is -0.372 e. The molecule has 0 atom stereocenters. The van der Waals surface area contributed by atoms with E-state index in [9.17, 15) is 13.2 Å². The van der Waals surface area contributed by atoms with Crippen LogP contribution in [0.5, 0.6) is 0 Å². The highest BCUT2D eigenvalue weighted by Crippen LogP contribution is 2.26. The quantitative estimate of drug-likeness (QED) is 0.664. The van der Waals surface area contributed by atoms with Crippen LogP contribution in [0.15, 0.2) is 47.4 Å². The van der Waals surface area contributed by atoms with E-state index in [1.807, 2.05) is 24.3 Å². The van der Waals surface area contributed by atoms with Crippen molar-refractivity contribution in [1.82, 2.24) is 4.31 Å². The first-order valence-corrected chi connectivity index (χ1v) is 12.4. The van der Waals surface area contributed by atoms with Crippen molar-refractivity contribution in [2.75, 3.05) is 30.4 Å². The van der Waals surface area contributed by atoms with Gasteiger partial charge in [0, 0.05) is 37.6 Å². The van der Waals surface area contributed by atoms with E-state index in [1.54, 1.807) is 13.8 Å². The maximum atomic E-state index is 12.8. The number of sulfonamides is 1. The SMILES string of the molecule is CC1CCN(c2ccc(NC(=O)c3cc(S(=O)(=O)N(C)C(C)C)ccc3Cl)cc2)CC1. The zero-order valence-electron chi connectivity index (χ0n) is 18.4. The first kappa shape index (κ1) is 23.6. The number of benzene rings is 2. The summed E-state index contributed by atoms with van der Waals surface area (Å²) in [6.07, 6.45) is 2.37. The molecule has 1 aliphatic heterocycles. The van der Waals surface area contributed by atoms with E-state index >= 15 is 0 Å². The van der Waals surface area contributed by atoms with Crippen molar-refractivity contribution in [3.63, 3.8) is 0 Å². The first-order chi connectivity index (χ1) is 14.6. The van der Waals surface area contributed by atoms with Crippen LogP contribution in [0.3, 0.4) is 0 Å². The van der Waals surface area contributed by atoms with Crippen molar-refractivity contribution < 1.29 is 13.2 Å². The van der Waals surface area contributed by atoms with Crippen molar-refractivity contribution in [2.24, 2.45) is 5.92 Å². The van der Waals surface area contributed by atoms with Gasteiger partial charge in [-0.15, -0.1) is 0 Å². The fraction of sp³-hybridized carbons (Fsp3) is 0.435. The van der Waals surface area contributed by atoms with Crippen molar-refractivity contribution in [3.8, 4) is 0 Å². The molecule has 1 fully saturated rings. The lowest BCUT2D eigenvalue weighted by Crippen LogP contribution is -2.33. The van der Waals surface area contributed by atoms with Gasteiger partial charge in [0.2, 0.25) is 10.0 Å². The van der Waals surface area contributed by atoms with Gasteiger partial charge in [0.05, 0.1) is 15.5 Å². The van der Waals surface area contributed by atoms with E-state index in [2.05, 4.69) is 17.1 Å². The summed E-state index contributed by atoms with van der Waals surface area (Å²) in [4.78, 5) is 15.2. The smallest absolute Gasteiger partial charge is 0.257 e. The Bertz CT molecular complexity index is 1030. The topological polar surface area (TPSA) is 69.7 Å². The van der Waals surface area contributed by atoms with Crippen LogP contribution >= 0.6 is 11.6 Å². The second-order valence-electron chi connectivity index (χ2n) is 8.43. The fourth-order valence-electron chi connectivity index (χ4n) is 3.50.